The molecule has 1 saturated carbocycles. The monoisotopic (exact) mass is 370 g/mol. The molecule has 1 aliphatic carbocycles. The van der Waals surface area contributed by atoms with Crippen LogP contribution in [0.3, 0.4) is 0 Å². The first-order chi connectivity index (χ1) is 12.9. The van der Waals surface area contributed by atoms with Gasteiger partial charge in [0.15, 0.2) is 5.96 Å². The van der Waals surface area contributed by atoms with Gasteiger partial charge in [-0.15, -0.1) is 0 Å². The minimum Gasteiger partial charge on any atom is -0.444 e. The number of amides is 1. The molecule has 0 spiro atoms. The fraction of sp³-hybridized carbons (Fsp3) is 0.619. The molecule has 2 aliphatic heterocycles. The van der Waals surface area contributed by atoms with Crippen molar-refractivity contribution in [3.8, 4) is 0 Å². The average molecular weight is 370 g/mol. The zero-order valence-electron chi connectivity index (χ0n) is 16.6. The number of benzene rings is 1. The highest BCUT2D eigenvalue weighted by atomic mass is 16.6. The van der Waals surface area contributed by atoms with E-state index >= 15 is 0 Å². The molecule has 1 aromatic carbocycles. The number of hydrogen-bond acceptors (Lipinski definition) is 5. The Morgan fingerprint density at radius 3 is 2.67 bits per heavy atom. The molecule has 1 unspecified atom stereocenters. The summed E-state index contributed by atoms with van der Waals surface area (Å²) in [5.74, 6) is 0.992. The molecule has 4 rings (SSSR count). The molecule has 146 valence electrons. The normalized spacial score (nSPS) is 23.5. The highest BCUT2D eigenvalue weighted by molar-refractivity contribution is 5.82. The molecule has 1 aromatic rings. The van der Waals surface area contributed by atoms with Crippen LogP contribution in [0, 0.1) is 0 Å². The summed E-state index contributed by atoms with van der Waals surface area (Å²) >= 11 is 0. The molecule has 27 heavy (non-hydrogen) atoms. The fourth-order valence-electron chi connectivity index (χ4n) is 3.98. The van der Waals surface area contributed by atoms with Crippen LogP contribution >= 0.6 is 0 Å². The van der Waals surface area contributed by atoms with Gasteiger partial charge in [0, 0.05) is 31.6 Å². The third kappa shape index (κ3) is 3.89. The fourth-order valence-corrected chi connectivity index (χ4v) is 3.98. The van der Waals surface area contributed by atoms with Crippen LogP contribution in [-0.2, 0) is 10.2 Å². The maximum absolute atomic E-state index is 12.3. The molecular formula is C21H30N4O2. The first-order valence-corrected chi connectivity index (χ1v) is 9.95. The van der Waals surface area contributed by atoms with E-state index in [4.69, 9.17) is 9.73 Å². The number of guanidine groups is 1. The summed E-state index contributed by atoms with van der Waals surface area (Å²) < 4.78 is 5.52. The highest BCUT2D eigenvalue weighted by Crippen LogP contribution is 2.47. The van der Waals surface area contributed by atoms with Crippen LogP contribution in [0.15, 0.2) is 35.3 Å². The van der Waals surface area contributed by atoms with Gasteiger partial charge >= 0.3 is 6.09 Å². The van der Waals surface area contributed by atoms with Crippen molar-refractivity contribution in [3.63, 3.8) is 0 Å². The number of carbonyl (C=O) groups is 1. The zero-order valence-corrected chi connectivity index (χ0v) is 16.6. The van der Waals surface area contributed by atoms with Gasteiger partial charge in [-0.3, -0.25) is 4.99 Å². The number of nitrogens with zero attached hydrogens (tertiary/aromatic N) is 3. The topological polar surface area (TPSA) is 57.2 Å². The number of piperazine rings is 1. The lowest BCUT2D eigenvalue weighted by Crippen LogP contribution is -2.58. The Kier molecular flexibility index (Phi) is 4.52. The van der Waals surface area contributed by atoms with Gasteiger partial charge in [-0.2, -0.15) is 0 Å². The number of aliphatic imine (C=N–C) groups is 1. The van der Waals surface area contributed by atoms with Gasteiger partial charge < -0.3 is 19.9 Å². The van der Waals surface area contributed by atoms with E-state index in [-0.39, 0.29) is 17.6 Å². The lowest BCUT2D eigenvalue weighted by molar-refractivity contribution is 0.0137. The SMILES string of the molecule is CC(C)(C)OC(=O)N1CCN2C(NCC3(c4ccccc4)CC3)=NCC2C1. The van der Waals surface area contributed by atoms with Crippen LogP contribution < -0.4 is 5.32 Å². The van der Waals surface area contributed by atoms with Crippen LogP contribution in [0.2, 0.25) is 0 Å². The predicted molar refractivity (Wildman–Crippen MR) is 106 cm³/mol. The third-order valence-electron chi connectivity index (χ3n) is 5.68. The molecule has 1 amide bonds. The Balaban J connectivity index is 1.31. The van der Waals surface area contributed by atoms with Crippen molar-refractivity contribution in [2.45, 2.75) is 50.7 Å². The maximum Gasteiger partial charge on any atom is 0.410 e. The van der Waals surface area contributed by atoms with Crippen molar-refractivity contribution in [1.29, 1.82) is 0 Å². The third-order valence-corrected chi connectivity index (χ3v) is 5.68. The number of rotatable bonds is 3. The molecule has 0 radical (unpaired) electrons. The van der Waals surface area contributed by atoms with E-state index in [0.29, 0.717) is 13.1 Å². The predicted octanol–water partition coefficient (Wildman–Crippen LogP) is 2.60. The van der Waals surface area contributed by atoms with Crippen molar-refractivity contribution in [2.24, 2.45) is 4.99 Å². The number of carbonyl (C=O) groups excluding carboxylic acids is 1. The van der Waals surface area contributed by atoms with Crippen LogP contribution in [0.1, 0.15) is 39.2 Å². The second kappa shape index (κ2) is 6.73. The molecule has 0 bridgehead atoms. The van der Waals surface area contributed by atoms with E-state index < -0.39 is 5.60 Å². The summed E-state index contributed by atoms with van der Waals surface area (Å²) in [6, 6.07) is 11.0. The summed E-state index contributed by atoms with van der Waals surface area (Å²) in [4.78, 5) is 21.2. The van der Waals surface area contributed by atoms with Gasteiger partial charge in [0.25, 0.3) is 0 Å². The maximum atomic E-state index is 12.3. The number of hydrogen-bond donors (Lipinski definition) is 1. The lowest BCUT2D eigenvalue weighted by atomic mass is 9.96. The molecule has 0 aromatic heterocycles. The van der Waals surface area contributed by atoms with Crippen molar-refractivity contribution >= 4 is 12.1 Å². The van der Waals surface area contributed by atoms with Gasteiger partial charge in [-0.05, 0) is 39.2 Å². The first kappa shape index (κ1) is 18.1. The average Bonchev–Trinajstić information content (AvgIpc) is 3.32. The van der Waals surface area contributed by atoms with E-state index in [1.54, 1.807) is 0 Å². The Morgan fingerprint density at radius 2 is 2.00 bits per heavy atom. The molecule has 6 nitrogen and oxygen atoms in total. The highest BCUT2D eigenvalue weighted by Gasteiger charge is 2.45. The van der Waals surface area contributed by atoms with Gasteiger partial charge in [-0.1, -0.05) is 30.3 Å². The number of ether oxygens (including phenoxy) is 1. The summed E-state index contributed by atoms with van der Waals surface area (Å²) in [6.45, 7) is 9.53. The van der Waals surface area contributed by atoms with E-state index in [0.717, 1.165) is 25.6 Å². The van der Waals surface area contributed by atoms with Crippen molar-refractivity contribution in [3.05, 3.63) is 35.9 Å². The summed E-state index contributed by atoms with van der Waals surface area (Å²) in [5.41, 5.74) is 1.23. The van der Waals surface area contributed by atoms with Gasteiger partial charge in [0.1, 0.15) is 5.60 Å². The zero-order chi connectivity index (χ0) is 19.1. The van der Waals surface area contributed by atoms with Crippen molar-refractivity contribution in [2.75, 3.05) is 32.7 Å². The summed E-state index contributed by atoms with van der Waals surface area (Å²) in [5, 5.41) is 3.61. The van der Waals surface area contributed by atoms with Crippen molar-refractivity contribution in [1.82, 2.24) is 15.1 Å². The van der Waals surface area contributed by atoms with E-state index in [1.807, 2.05) is 25.7 Å². The van der Waals surface area contributed by atoms with Crippen LogP contribution in [0.4, 0.5) is 4.79 Å². The minimum absolute atomic E-state index is 0.218. The molecule has 1 atom stereocenters. The summed E-state index contributed by atoms with van der Waals surface area (Å²) in [7, 11) is 0. The number of fused-ring (bicyclic) bond motifs is 1. The largest absolute Gasteiger partial charge is 0.444 e. The molecular weight excluding hydrogens is 340 g/mol. The van der Waals surface area contributed by atoms with Crippen LogP contribution in [-0.4, -0.2) is 66.2 Å². The number of nitrogens with one attached hydrogen (secondary N) is 1. The Morgan fingerprint density at radius 1 is 1.26 bits per heavy atom. The quantitative estimate of drug-likeness (QED) is 0.889. The molecule has 6 heteroatoms. The van der Waals surface area contributed by atoms with Crippen LogP contribution in [0.5, 0.6) is 0 Å². The molecule has 2 heterocycles. The molecule has 1 N–H and O–H groups in total. The Labute approximate surface area is 161 Å². The van der Waals surface area contributed by atoms with Crippen LogP contribution in [0.25, 0.3) is 0 Å². The van der Waals surface area contributed by atoms with Gasteiger partial charge in [0.05, 0.1) is 12.6 Å². The minimum atomic E-state index is -0.455. The smallest absolute Gasteiger partial charge is 0.410 e. The first-order valence-electron chi connectivity index (χ1n) is 9.95. The molecule has 1 saturated heterocycles. The Bertz CT molecular complexity index is 721. The molecule has 2 fully saturated rings. The van der Waals surface area contributed by atoms with E-state index in [1.165, 1.54) is 18.4 Å². The summed E-state index contributed by atoms with van der Waals surface area (Å²) in [6.07, 6.45) is 2.24. The lowest BCUT2D eigenvalue weighted by Gasteiger charge is -2.39. The Hall–Kier alpha value is -2.24. The van der Waals surface area contributed by atoms with E-state index in [2.05, 4.69) is 40.5 Å². The molecule has 3 aliphatic rings. The standard InChI is InChI=1S/C21H30N4O2/c1-20(2,3)27-19(26)24-11-12-25-17(14-24)13-22-18(25)23-15-21(9-10-21)16-7-5-4-6-8-16/h4-8,17H,9-15H2,1-3H3,(H,22,23). The second-order valence-electron chi connectivity index (χ2n) is 8.94. The second-order valence-corrected chi connectivity index (χ2v) is 8.94. The van der Waals surface area contributed by atoms with Gasteiger partial charge in [0.2, 0.25) is 0 Å². The van der Waals surface area contributed by atoms with E-state index in [9.17, 15) is 4.79 Å². The van der Waals surface area contributed by atoms with Gasteiger partial charge in [-0.25, -0.2) is 4.79 Å². The van der Waals surface area contributed by atoms with Crippen molar-refractivity contribution < 1.29 is 9.53 Å².